The Morgan fingerprint density at radius 3 is 3.10 bits per heavy atom. The number of fused-ring (bicyclic) bond motifs is 1. The van der Waals surface area contributed by atoms with Gasteiger partial charge in [-0.25, -0.2) is 4.98 Å². The molecule has 1 aliphatic heterocycles. The largest absolute Gasteiger partial charge is 0.346 e. The number of nitrogens with zero attached hydrogens (tertiary/aromatic N) is 2. The molecule has 0 aromatic carbocycles. The Balaban J connectivity index is 1.73. The van der Waals surface area contributed by atoms with Gasteiger partial charge in [-0.05, 0) is 43.0 Å². The van der Waals surface area contributed by atoms with E-state index in [0.717, 1.165) is 25.3 Å². The maximum absolute atomic E-state index is 4.39. The van der Waals surface area contributed by atoms with E-state index in [9.17, 15) is 0 Å². The molecule has 0 saturated carbocycles. The second kappa shape index (κ2) is 6.58. The molecule has 2 aromatic rings. The number of hydrogen-bond acceptors (Lipinski definition) is 3. The average Bonchev–Trinajstić information content (AvgIpc) is 3.09. The summed E-state index contributed by atoms with van der Waals surface area (Å²) in [6, 6.07) is 4.84. The zero-order valence-electron chi connectivity index (χ0n) is 13.1. The minimum Gasteiger partial charge on any atom is -0.346 e. The van der Waals surface area contributed by atoms with E-state index in [-0.39, 0.29) is 0 Å². The fourth-order valence-corrected chi connectivity index (χ4v) is 3.33. The molecule has 4 heteroatoms. The van der Waals surface area contributed by atoms with Crippen LogP contribution < -0.4 is 5.32 Å². The standard InChI is InChI=1S/C17H26N4/c1-13(2)10-21(12-15-5-3-7-18-15)11-14-9-20-17-16(14)6-4-8-19-17/h4,6,8-9,13,15,18H,3,5,7,10-12H2,1-2H3,(H,19,20). The molecule has 0 amide bonds. The summed E-state index contributed by atoms with van der Waals surface area (Å²) in [5.74, 6) is 0.690. The van der Waals surface area contributed by atoms with Crippen molar-refractivity contribution < 1.29 is 0 Å². The Kier molecular flexibility index (Phi) is 4.56. The second-order valence-electron chi connectivity index (χ2n) is 6.59. The van der Waals surface area contributed by atoms with Crippen LogP contribution in [0.5, 0.6) is 0 Å². The van der Waals surface area contributed by atoms with Gasteiger partial charge in [0.25, 0.3) is 0 Å². The van der Waals surface area contributed by atoms with Gasteiger partial charge in [-0.2, -0.15) is 0 Å². The Morgan fingerprint density at radius 1 is 1.43 bits per heavy atom. The molecular weight excluding hydrogens is 260 g/mol. The summed E-state index contributed by atoms with van der Waals surface area (Å²) in [4.78, 5) is 10.3. The van der Waals surface area contributed by atoms with E-state index in [1.165, 1.54) is 30.3 Å². The highest BCUT2D eigenvalue weighted by Gasteiger charge is 2.19. The van der Waals surface area contributed by atoms with Crippen molar-refractivity contribution in [3.05, 3.63) is 30.1 Å². The summed E-state index contributed by atoms with van der Waals surface area (Å²) in [6.45, 7) is 9.06. The zero-order valence-corrected chi connectivity index (χ0v) is 13.1. The molecule has 21 heavy (non-hydrogen) atoms. The number of H-pyrrole nitrogens is 1. The summed E-state index contributed by atoms with van der Waals surface area (Å²) in [7, 11) is 0. The normalized spacial score (nSPS) is 19.1. The number of pyridine rings is 1. The van der Waals surface area contributed by atoms with Crippen molar-refractivity contribution in [2.75, 3.05) is 19.6 Å². The SMILES string of the molecule is CC(C)CN(Cc1c[nH]c2ncccc12)CC1CCCN1. The monoisotopic (exact) mass is 286 g/mol. The molecular formula is C17H26N4. The Bertz CT molecular complexity index is 569. The van der Waals surface area contributed by atoms with Crippen molar-refractivity contribution >= 4 is 11.0 Å². The van der Waals surface area contributed by atoms with Gasteiger partial charge in [-0.3, -0.25) is 4.90 Å². The lowest BCUT2D eigenvalue weighted by molar-refractivity contribution is 0.217. The molecule has 0 radical (unpaired) electrons. The van der Waals surface area contributed by atoms with Crippen LogP contribution in [0.25, 0.3) is 11.0 Å². The van der Waals surface area contributed by atoms with Crippen LogP contribution in [0.2, 0.25) is 0 Å². The fraction of sp³-hybridized carbons (Fsp3) is 0.588. The van der Waals surface area contributed by atoms with E-state index in [1.807, 2.05) is 12.3 Å². The highest BCUT2D eigenvalue weighted by molar-refractivity contribution is 5.79. The Labute approximate surface area is 126 Å². The van der Waals surface area contributed by atoms with Crippen LogP contribution in [0.4, 0.5) is 0 Å². The van der Waals surface area contributed by atoms with Crippen molar-refractivity contribution in [3.8, 4) is 0 Å². The highest BCUT2D eigenvalue weighted by atomic mass is 15.2. The second-order valence-corrected chi connectivity index (χ2v) is 6.59. The topological polar surface area (TPSA) is 44.0 Å². The number of rotatable bonds is 6. The number of nitrogens with one attached hydrogen (secondary N) is 2. The van der Waals surface area contributed by atoms with Crippen molar-refractivity contribution in [1.82, 2.24) is 20.2 Å². The van der Waals surface area contributed by atoms with Gasteiger partial charge >= 0.3 is 0 Å². The van der Waals surface area contributed by atoms with E-state index < -0.39 is 0 Å². The van der Waals surface area contributed by atoms with E-state index in [1.54, 1.807) is 0 Å². The van der Waals surface area contributed by atoms with Crippen LogP contribution in [0, 0.1) is 5.92 Å². The lowest BCUT2D eigenvalue weighted by Gasteiger charge is -2.27. The minimum absolute atomic E-state index is 0.659. The third-order valence-corrected chi connectivity index (χ3v) is 4.20. The molecule has 2 N–H and O–H groups in total. The van der Waals surface area contributed by atoms with E-state index in [2.05, 4.69) is 46.3 Å². The first-order valence-corrected chi connectivity index (χ1v) is 8.09. The molecule has 1 atom stereocenters. The Morgan fingerprint density at radius 2 is 2.33 bits per heavy atom. The number of aromatic nitrogens is 2. The van der Waals surface area contributed by atoms with Crippen molar-refractivity contribution in [1.29, 1.82) is 0 Å². The molecule has 1 saturated heterocycles. The van der Waals surface area contributed by atoms with Gasteiger partial charge in [0, 0.05) is 43.5 Å². The average molecular weight is 286 g/mol. The molecule has 0 spiro atoms. The fourth-order valence-electron chi connectivity index (χ4n) is 3.33. The molecule has 0 aliphatic carbocycles. The minimum atomic E-state index is 0.659. The quantitative estimate of drug-likeness (QED) is 0.858. The molecule has 114 valence electrons. The van der Waals surface area contributed by atoms with Gasteiger partial charge in [0.2, 0.25) is 0 Å². The van der Waals surface area contributed by atoms with Crippen LogP contribution in [0.15, 0.2) is 24.5 Å². The van der Waals surface area contributed by atoms with Gasteiger partial charge < -0.3 is 10.3 Å². The van der Waals surface area contributed by atoms with Gasteiger partial charge in [0.15, 0.2) is 0 Å². The summed E-state index contributed by atoms with van der Waals surface area (Å²) in [5, 5.41) is 4.87. The van der Waals surface area contributed by atoms with Crippen molar-refractivity contribution in [2.24, 2.45) is 5.92 Å². The van der Waals surface area contributed by atoms with Crippen LogP contribution in [-0.4, -0.2) is 40.5 Å². The maximum Gasteiger partial charge on any atom is 0.137 e. The van der Waals surface area contributed by atoms with Crippen LogP contribution in [0.1, 0.15) is 32.3 Å². The van der Waals surface area contributed by atoms with Gasteiger partial charge in [0.05, 0.1) is 0 Å². The summed E-state index contributed by atoms with van der Waals surface area (Å²) in [5.41, 5.74) is 2.35. The predicted molar refractivity (Wildman–Crippen MR) is 87.2 cm³/mol. The molecule has 2 aromatic heterocycles. The molecule has 1 aliphatic rings. The maximum atomic E-state index is 4.39. The molecule has 3 rings (SSSR count). The molecule has 1 fully saturated rings. The van der Waals surface area contributed by atoms with E-state index in [4.69, 9.17) is 0 Å². The lowest BCUT2D eigenvalue weighted by Crippen LogP contribution is -2.38. The molecule has 1 unspecified atom stereocenters. The van der Waals surface area contributed by atoms with Crippen LogP contribution in [-0.2, 0) is 6.54 Å². The van der Waals surface area contributed by atoms with Gasteiger partial charge in [-0.15, -0.1) is 0 Å². The van der Waals surface area contributed by atoms with Crippen LogP contribution >= 0.6 is 0 Å². The summed E-state index contributed by atoms with van der Waals surface area (Å²) < 4.78 is 0. The molecule has 3 heterocycles. The molecule has 4 nitrogen and oxygen atoms in total. The first kappa shape index (κ1) is 14.5. The first-order chi connectivity index (χ1) is 10.2. The first-order valence-electron chi connectivity index (χ1n) is 8.09. The third-order valence-electron chi connectivity index (χ3n) is 4.20. The smallest absolute Gasteiger partial charge is 0.137 e. The summed E-state index contributed by atoms with van der Waals surface area (Å²) in [6.07, 6.45) is 6.59. The molecule has 0 bridgehead atoms. The van der Waals surface area contributed by atoms with Gasteiger partial charge in [-0.1, -0.05) is 13.8 Å². The third kappa shape index (κ3) is 3.63. The predicted octanol–water partition coefficient (Wildman–Crippen LogP) is 2.77. The van der Waals surface area contributed by atoms with E-state index in [0.29, 0.717) is 12.0 Å². The Hall–Kier alpha value is -1.39. The zero-order chi connectivity index (χ0) is 14.7. The number of hydrogen-bond donors (Lipinski definition) is 2. The highest BCUT2D eigenvalue weighted by Crippen LogP contribution is 2.19. The van der Waals surface area contributed by atoms with Crippen LogP contribution in [0.3, 0.4) is 0 Å². The van der Waals surface area contributed by atoms with Crippen molar-refractivity contribution in [3.63, 3.8) is 0 Å². The number of aromatic amines is 1. The van der Waals surface area contributed by atoms with Crippen molar-refractivity contribution in [2.45, 2.75) is 39.3 Å². The lowest BCUT2D eigenvalue weighted by atomic mass is 10.1. The van der Waals surface area contributed by atoms with E-state index >= 15 is 0 Å². The summed E-state index contributed by atoms with van der Waals surface area (Å²) >= 11 is 0. The van der Waals surface area contributed by atoms with Gasteiger partial charge in [0.1, 0.15) is 5.65 Å².